The minimum Gasteiger partial charge on any atom is -0.376 e. The van der Waals surface area contributed by atoms with Crippen LogP contribution in [0.3, 0.4) is 0 Å². The molecular formula is C19H22ClN3O2. The molecule has 25 heavy (non-hydrogen) atoms. The molecule has 0 aromatic heterocycles. The van der Waals surface area contributed by atoms with Crippen molar-refractivity contribution in [1.29, 1.82) is 0 Å². The van der Waals surface area contributed by atoms with Crippen LogP contribution in [0, 0.1) is 5.92 Å². The van der Waals surface area contributed by atoms with Crippen molar-refractivity contribution in [2.24, 2.45) is 5.92 Å². The Morgan fingerprint density at radius 2 is 1.56 bits per heavy atom. The molecule has 2 aromatic rings. The lowest BCUT2D eigenvalue weighted by molar-refractivity contribution is -0.117. The van der Waals surface area contributed by atoms with Crippen molar-refractivity contribution in [2.75, 3.05) is 22.5 Å². The van der Waals surface area contributed by atoms with Crippen LogP contribution in [0.4, 0.5) is 17.1 Å². The summed E-state index contributed by atoms with van der Waals surface area (Å²) in [7, 11) is 0. The van der Waals surface area contributed by atoms with Crippen LogP contribution in [-0.4, -0.2) is 18.4 Å². The zero-order valence-corrected chi connectivity index (χ0v) is 15.1. The molecule has 0 bridgehead atoms. The van der Waals surface area contributed by atoms with E-state index in [1.165, 1.54) is 0 Å². The third-order valence-electron chi connectivity index (χ3n) is 3.36. The van der Waals surface area contributed by atoms with Gasteiger partial charge in [0.15, 0.2) is 0 Å². The Morgan fingerprint density at radius 1 is 0.920 bits per heavy atom. The number of carbonyl (C=O) groups excluding carboxylic acids is 2. The van der Waals surface area contributed by atoms with Crippen molar-refractivity contribution >= 4 is 40.5 Å². The normalized spacial score (nSPS) is 10.4. The monoisotopic (exact) mass is 359 g/mol. The molecule has 0 saturated heterocycles. The lowest BCUT2D eigenvalue weighted by Gasteiger charge is -2.10. The van der Waals surface area contributed by atoms with Crippen LogP contribution in [0.25, 0.3) is 0 Å². The molecular weight excluding hydrogens is 338 g/mol. The summed E-state index contributed by atoms with van der Waals surface area (Å²) in [5, 5.41) is 9.12. The predicted molar refractivity (Wildman–Crippen MR) is 103 cm³/mol. The van der Waals surface area contributed by atoms with Gasteiger partial charge in [-0.25, -0.2) is 0 Å². The number of rotatable bonds is 7. The van der Waals surface area contributed by atoms with Gasteiger partial charge in [0, 0.05) is 17.8 Å². The van der Waals surface area contributed by atoms with Crippen molar-refractivity contribution in [1.82, 2.24) is 0 Å². The average molecular weight is 360 g/mol. The van der Waals surface area contributed by atoms with Crippen LogP contribution in [0.15, 0.2) is 48.5 Å². The van der Waals surface area contributed by atoms with Gasteiger partial charge in [0.2, 0.25) is 11.8 Å². The molecule has 6 heteroatoms. The van der Waals surface area contributed by atoms with Crippen molar-refractivity contribution in [3.05, 3.63) is 53.6 Å². The molecule has 0 aliphatic heterocycles. The second-order valence-corrected chi connectivity index (χ2v) is 6.51. The third kappa shape index (κ3) is 6.47. The van der Waals surface area contributed by atoms with E-state index >= 15 is 0 Å². The lowest BCUT2D eigenvalue weighted by Crippen LogP contribution is -2.21. The van der Waals surface area contributed by atoms with E-state index in [1.54, 1.807) is 36.4 Å². The summed E-state index contributed by atoms with van der Waals surface area (Å²) in [5.74, 6) is 0.120. The van der Waals surface area contributed by atoms with Gasteiger partial charge in [0.1, 0.15) is 0 Å². The van der Waals surface area contributed by atoms with Gasteiger partial charge in [-0.15, -0.1) is 0 Å². The summed E-state index contributed by atoms with van der Waals surface area (Å²) in [4.78, 5) is 23.7. The predicted octanol–water partition coefficient (Wildman–Crippen LogP) is 4.38. The standard InChI is InChI=1S/C19H22ClN3O2/c1-13(2)11-18(24)22-15-9-7-14(8-10-15)21-12-19(25)23-17-6-4-3-5-16(17)20/h3-10,13,21H,11-12H2,1-2H3,(H,22,24)(H,23,25). The fourth-order valence-electron chi connectivity index (χ4n) is 2.19. The molecule has 0 spiro atoms. The highest BCUT2D eigenvalue weighted by Crippen LogP contribution is 2.20. The largest absolute Gasteiger partial charge is 0.376 e. The molecule has 5 nitrogen and oxygen atoms in total. The first-order valence-corrected chi connectivity index (χ1v) is 8.50. The van der Waals surface area contributed by atoms with E-state index in [0.717, 1.165) is 11.4 Å². The molecule has 0 aliphatic rings. The van der Waals surface area contributed by atoms with Crippen LogP contribution in [0.5, 0.6) is 0 Å². The number of para-hydroxylation sites is 1. The molecule has 0 heterocycles. The molecule has 2 rings (SSSR count). The van der Waals surface area contributed by atoms with E-state index in [9.17, 15) is 9.59 Å². The maximum Gasteiger partial charge on any atom is 0.243 e. The highest BCUT2D eigenvalue weighted by molar-refractivity contribution is 6.33. The fourth-order valence-corrected chi connectivity index (χ4v) is 2.38. The van der Waals surface area contributed by atoms with Gasteiger partial charge in [-0.05, 0) is 42.3 Å². The smallest absolute Gasteiger partial charge is 0.243 e. The number of hydrogen-bond acceptors (Lipinski definition) is 3. The summed E-state index contributed by atoms with van der Waals surface area (Å²) in [5.41, 5.74) is 2.10. The Morgan fingerprint density at radius 3 is 2.20 bits per heavy atom. The summed E-state index contributed by atoms with van der Waals surface area (Å²) >= 11 is 6.01. The summed E-state index contributed by atoms with van der Waals surface area (Å²) in [6, 6.07) is 14.3. The molecule has 2 aromatic carbocycles. The number of anilines is 3. The molecule has 0 saturated carbocycles. The Kier molecular flexibility index (Phi) is 6.83. The Hall–Kier alpha value is -2.53. The summed E-state index contributed by atoms with van der Waals surface area (Å²) < 4.78 is 0. The summed E-state index contributed by atoms with van der Waals surface area (Å²) in [6.07, 6.45) is 0.488. The van der Waals surface area contributed by atoms with E-state index in [0.29, 0.717) is 23.0 Å². The molecule has 0 fully saturated rings. The first-order valence-electron chi connectivity index (χ1n) is 8.12. The van der Waals surface area contributed by atoms with Gasteiger partial charge in [0.25, 0.3) is 0 Å². The van der Waals surface area contributed by atoms with Gasteiger partial charge < -0.3 is 16.0 Å². The molecule has 0 radical (unpaired) electrons. The quantitative estimate of drug-likeness (QED) is 0.687. The third-order valence-corrected chi connectivity index (χ3v) is 3.69. The van der Waals surface area contributed by atoms with Crippen LogP contribution in [0.1, 0.15) is 20.3 Å². The Balaban J connectivity index is 1.82. The molecule has 3 N–H and O–H groups in total. The second kappa shape index (κ2) is 9.08. The van der Waals surface area contributed by atoms with Crippen molar-refractivity contribution in [2.45, 2.75) is 20.3 Å². The highest BCUT2D eigenvalue weighted by atomic mass is 35.5. The maximum absolute atomic E-state index is 12.0. The zero-order valence-electron chi connectivity index (χ0n) is 14.3. The van der Waals surface area contributed by atoms with Crippen LogP contribution in [-0.2, 0) is 9.59 Å². The van der Waals surface area contributed by atoms with Crippen molar-refractivity contribution in [3.63, 3.8) is 0 Å². The van der Waals surface area contributed by atoms with Gasteiger partial charge in [0.05, 0.1) is 17.3 Å². The number of nitrogens with one attached hydrogen (secondary N) is 3. The molecule has 2 amide bonds. The second-order valence-electron chi connectivity index (χ2n) is 6.11. The number of benzene rings is 2. The first kappa shape index (κ1) is 18.8. The minimum absolute atomic E-state index is 0.00479. The molecule has 0 unspecified atom stereocenters. The molecule has 0 aliphatic carbocycles. The Bertz CT molecular complexity index is 730. The molecule has 132 valence electrons. The van der Waals surface area contributed by atoms with E-state index in [1.807, 2.05) is 26.0 Å². The topological polar surface area (TPSA) is 70.2 Å². The first-order chi connectivity index (χ1) is 11.9. The maximum atomic E-state index is 12.0. The lowest BCUT2D eigenvalue weighted by atomic mass is 10.1. The van der Waals surface area contributed by atoms with E-state index in [-0.39, 0.29) is 18.4 Å². The van der Waals surface area contributed by atoms with E-state index in [4.69, 9.17) is 11.6 Å². The average Bonchev–Trinajstić information content (AvgIpc) is 2.55. The zero-order chi connectivity index (χ0) is 18.2. The fraction of sp³-hybridized carbons (Fsp3) is 0.263. The van der Waals surface area contributed by atoms with Gasteiger partial charge in [-0.3, -0.25) is 9.59 Å². The number of halogens is 1. The van der Waals surface area contributed by atoms with Crippen LogP contribution >= 0.6 is 11.6 Å². The van der Waals surface area contributed by atoms with E-state index in [2.05, 4.69) is 16.0 Å². The van der Waals surface area contributed by atoms with Crippen LogP contribution < -0.4 is 16.0 Å². The van der Waals surface area contributed by atoms with Crippen molar-refractivity contribution in [3.8, 4) is 0 Å². The SMILES string of the molecule is CC(C)CC(=O)Nc1ccc(NCC(=O)Nc2ccccc2Cl)cc1. The minimum atomic E-state index is -0.192. The highest BCUT2D eigenvalue weighted by Gasteiger charge is 2.07. The van der Waals surface area contributed by atoms with Crippen LogP contribution in [0.2, 0.25) is 5.02 Å². The van der Waals surface area contributed by atoms with Gasteiger partial charge in [-0.2, -0.15) is 0 Å². The number of hydrogen-bond donors (Lipinski definition) is 3. The molecule has 0 atom stereocenters. The Labute approximate surface area is 152 Å². The van der Waals surface area contributed by atoms with Gasteiger partial charge in [-0.1, -0.05) is 37.6 Å². The summed E-state index contributed by atoms with van der Waals surface area (Å²) in [6.45, 7) is 4.12. The van der Waals surface area contributed by atoms with Gasteiger partial charge >= 0.3 is 0 Å². The van der Waals surface area contributed by atoms with E-state index < -0.39 is 0 Å². The van der Waals surface area contributed by atoms with Crippen molar-refractivity contribution < 1.29 is 9.59 Å². The number of amides is 2. The number of carbonyl (C=O) groups is 2.